The lowest BCUT2D eigenvalue weighted by Gasteiger charge is -2.40. The van der Waals surface area contributed by atoms with Crippen LogP contribution < -0.4 is 0 Å². The van der Waals surface area contributed by atoms with E-state index in [-0.39, 0.29) is 15.2 Å². The Kier molecular flexibility index (Phi) is 5.48. The Balaban J connectivity index is 2.53. The van der Waals surface area contributed by atoms with Crippen molar-refractivity contribution in [2.75, 3.05) is 6.61 Å². The van der Waals surface area contributed by atoms with Crippen LogP contribution in [0.25, 0.3) is 0 Å². The average Bonchev–Trinajstić information content (AvgIpc) is 2.25. The summed E-state index contributed by atoms with van der Waals surface area (Å²) in [6, 6.07) is 0. The third kappa shape index (κ3) is 3.86. The summed E-state index contributed by atoms with van der Waals surface area (Å²) in [4.78, 5) is 0. The minimum atomic E-state index is -0.326. The third-order valence-corrected chi connectivity index (χ3v) is 4.47. The zero-order valence-electron chi connectivity index (χ0n) is 11.3. The summed E-state index contributed by atoms with van der Waals surface area (Å²) in [5, 5.41) is 9.15. The summed E-state index contributed by atoms with van der Waals surface area (Å²) in [5.74, 6) is 1.27. The van der Waals surface area contributed by atoms with Crippen molar-refractivity contribution in [2.24, 2.45) is 17.3 Å². The van der Waals surface area contributed by atoms with Crippen molar-refractivity contribution in [3.8, 4) is 0 Å². The summed E-state index contributed by atoms with van der Waals surface area (Å²) in [7, 11) is -0.326. The van der Waals surface area contributed by atoms with E-state index in [4.69, 9.17) is 9.53 Å². The number of hydrogen-bond acceptors (Lipinski definition) is 2. The van der Waals surface area contributed by atoms with E-state index in [0.717, 1.165) is 5.92 Å². The molecular formula is C13H28O2Si. The standard InChI is InChI=1S/C13H28O2Si/c1-13(2,3)12(15-16-4)11-7-5-10(9-14)6-8-11/h10-12,14H,5-9,16H2,1-4H3. The Hall–Kier alpha value is 0.137. The Morgan fingerprint density at radius 3 is 2.19 bits per heavy atom. The average molecular weight is 244 g/mol. The van der Waals surface area contributed by atoms with E-state index >= 15 is 0 Å². The maximum Gasteiger partial charge on any atom is 0.158 e. The van der Waals surface area contributed by atoms with Crippen LogP contribution in [-0.4, -0.2) is 27.6 Å². The number of hydrogen-bond donors (Lipinski definition) is 1. The van der Waals surface area contributed by atoms with E-state index in [1.54, 1.807) is 0 Å². The molecule has 0 aromatic heterocycles. The molecule has 1 saturated carbocycles. The van der Waals surface area contributed by atoms with Gasteiger partial charge in [-0.05, 0) is 42.9 Å². The molecule has 0 aromatic carbocycles. The lowest BCUT2D eigenvalue weighted by atomic mass is 9.72. The number of rotatable bonds is 4. The van der Waals surface area contributed by atoms with E-state index < -0.39 is 0 Å². The fourth-order valence-corrected chi connectivity index (χ4v) is 4.08. The van der Waals surface area contributed by atoms with E-state index in [0.29, 0.717) is 18.6 Å². The molecule has 0 amide bonds. The number of aliphatic hydroxyl groups is 1. The van der Waals surface area contributed by atoms with Gasteiger partial charge in [0.05, 0.1) is 6.10 Å². The Morgan fingerprint density at radius 2 is 1.81 bits per heavy atom. The maximum atomic E-state index is 9.15. The molecule has 3 heteroatoms. The van der Waals surface area contributed by atoms with E-state index in [1.165, 1.54) is 25.7 Å². The summed E-state index contributed by atoms with van der Waals surface area (Å²) in [6.45, 7) is 9.47. The molecule has 16 heavy (non-hydrogen) atoms. The summed E-state index contributed by atoms with van der Waals surface area (Å²) >= 11 is 0. The molecule has 1 aliphatic carbocycles. The van der Waals surface area contributed by atoms with Crippen molar-refractivity contribution in [3.63, 3.8) is 0 Å². The molecule has 0 aliphatic heterocycles. The minimum Gasteiger partial charge on any atom is -0.421 e. The molecule has 2 nitrogen and oxygen atoms in total. The summed E-state index contributed by atoms with van der Waals surface area (Å²) < 4.78 is 6.09. The molecule has 0 radical (unpaired) electrons. The largest absolute Gasteiger partial charge is 0.421 e. The fraction of sp³-hybridized carbons (Fsp3) is 1.00. The second-order valence-electron chi connectivity index (χ2n) is 6.21. The van der Waals surface area contributed by atoms with E-state index in [1.807, 2.05) is 0 Å². The van der Waals surface area contributed by atoms with Crippen LogP contribution in [0.15, 0.2) is 0 Å². The Morgan fingerprint density at radius 1 is 1.25 bits per heavy atom. The highest BCUT2D eigenvalue weighted by atomic mass is 28.2. The molecule has 1 fully saturated rings. The molecule has 0 aromatic rings. The topological polar surface area (TPSA) is 29.5 Å². The van der Waals surface area contributed by atoms with Crippen LogP contribution >= 0.6 is 0 Å². The highest BCUT2D eigenvalue weighted by Gasteiger charge is 2.34. The predicted octanol–water partition coefficient (Wildman–Crippen LogP) is 2.35. The lowest BCUT2D eigenvalue weighted by Crippen LogP contribution is -2.39. The molecule has 1 atom stereocenters. The van der Waals surface area contributed by atoms with Gasteiger partial charge in [0.2, 0.25) is 0 Å². The first-order valence-corrected chi connectivity index (χ1v) is 8.70. The molecule has 0 spiro atoms. The second kappa shape index (κ2) is 6.17. The third-order valence-electron chi connectivity index (χ3n) is 3.78. The van der Waals surface area contributed by atoms with Crippen LogP contribution in [0, 0.1) is 17.3 Å². The lowest BCUT2D eigenvalue weighted by molar-refractivity contribution is 0.0106. The van der Waals surface area contributed by atoms with Gasteiger partial charge in [0.25, 0.3) is 0 Å². The van der Waals surface area contributed by atoms with Crippen molar-refractivity contribution >= 4 is 9.76 Å². The molecule has 0 bridgehead atoms. The van der Waals surface area contributed by atoms with Gasteiger partial charge in [-0.3, -0.25) is 0 Å². The minimum absolute atomic E-state index is 0.264. The van der Waals surface area contributed by atoms with Gasteiger partial charge in [-0.2, -0.15) is 0 Å². The zero-order chi connectivity index (χ0) is 12.2. The van der Waals surface area contributed by atoms with Crippen molar-refractivity contribution in [1.29, 1.82) is 0 Å². The van der Waals surface area contributed by atoms with Gasteiger partial charge in [0.1, 0.15) is 0 Å². The first kappa shape index (κ1) is 14.2. The molecule has 1 N–H and O–H groups in total. The van der Waals surface area contributed by atoms with Gasteiger partial charge < -0.3 is 9.53 Å². The first-order valence-electron chi connectivity index (χ1n) is 6.71. The predicted molar refractivity (Wildman–Crippen MR) is 71.3 cm³/mol. The Bertz CT molecular complexity index is 193. The van der Waals surface area contributed by atoms with Crippen molar-refractivity contribution in [3.05, 3.63) is 0 Å². The van der Waals surface area contributed by atoms with Crippen LogP contribution in [0.4, 0.5) is 0 Å². The summed E-state index contributed by atoms with van der Waals surface area (Å²) in [5.41, 5.74) is 0.264. The monoisotopic (exact) mass is 244 g/mol. The Labute approximate surface area is 103 Å². The highest BCUT2D eigenvalue weighted by Crippen LogP contribution is 2.38. The van der Waals surface area contributed by atoms with E-state index in [9.17, 15) is 0 Å². The molecule has 1 aliphatic rings. The summed E-state index contributed by atoms with van der Waals surface area (Å²) in [6.07, 6.45) is 5.28. The van der Waals surface area contributed by atoms with Gasteiger partial charge in [-0.1, -0.05) is 27.3 Å². The normalized spacial score (nSPS) is 29.8. The van der Waals surface area contributed by atoms with Crippen molar-refractivity contribution in [2.45, 2.75) is 59.1 Å². The molecular weight excluding hydrogens is 216 g/mol. The SMILES string of the molecule is C[SiH2]OC(C1CCC(CO)CC1)C(C)(C)C. The molecule has 0 heterocycles. The van der Waals surface area contributed by atoms with Gasteiger partial charge in [0, 0.05) is 6.61 Å². The van der Waals surface area contributed by atoms with Crippen molar-refractivity contribution < 1.29 is 9.53 Å². The molecule has 0 saturated heterocycles. The molecule has 1 rings (SSSR count). The fourth-order valence-electron chi connectivity index (χ4n) is 2.95. The van der Waals surface area contributed by atoms with Crippen LogP contribution in [0.3, 0.4) is 0 Å². The van der Waals surface area contributed by atoms with Gasteiger partial charge >= 0.3 is 0 Å². The molecule has 96 valence electrons. The smallest absolute Gasteiger partial charge is 0.158 e. The first-order chi connectivity index (χ1) is 7.49. The van der Waals surface area contributed by atoms with Crippen LogP contribution in [0.2, 0.25) is 6.55 Å². The van der Waals surface area contributed by atoms with Crippen molar-refractivity contribution in [1.82, 2.24) is 0 Å². The number of aliphatic hydroxyl groups excluding tert-OH is 1. The van der Waals surface area contributed by atoms with Crippen LogP contribution in [-0.2, 0) is 4.43 Å². The maximum absolute atomic E-state index is 9.15. The van der Waals surface area contributed by atoms with Gasteiger partial charge in [-0.15, -0.1) is 0 Å². The quantitative estimate of drug-likeness (QED) is 0.769. The zero-order valence-corrected chi connectivity index (χ0v) is 12.7. The highest BCUT2D eigenvalue weighted by molar-refractivity contribution is 6.24. The van der Waals surface area contributed by atoms with Crippen LogP contribution in [0.1, 0.15) is 46.5 Å². The van der Waals surface area contributed by atoms with E-state index in [2.05, 4.69) is 27.3 Å². The molecule has 1 unspecified atom stereocenters. The second-order valence-corrected chi connectivity index (χ2v) is 7.12. The van der Waals surface area contributed by atoms with Gasteiger partial charge in [-0.25, -0.2) is 0 Å². The van der Waals surface area contributed by atoms with Crippen LogP contribution in [0.5, 0.6) is 0 Å². The van der Waals surface area contributed by atoms with Gasteiger partial charge in [0.15, 0.2) is 9.76 Å².